The summed E-state index contributed by atoms with van der Waals surface area (Å²) in [6.45, 7) is 6.03. The fourth-order valence-corrected chi connectivity index (χ4v) is 2.37. The number of rotatable bonds is 4. The predicted octanol–water partition coefficient (Wildman–Crippen LogP) is 1.43. The van der Waals surface area contributed by atoms with Crippen LogP contribution in [0.4, 0.5) is 0 Å². The Bertz CT molecular complexity index is 413. The molecule has 0 aliphatic carbocycles. The van der Waals surface area contributed by atoms with Crippen LogP contribution in [0, 0.1) is 0 Å². The van der Waals surface area contributed by atoms with Crippen molar-refractivity contribution in [2.24, 2.45) is 0 Å². The minimum absolute atomic E-state index is 0.00151. The molecule has 104 valence electrons. The van der Waals surface area contributed by atoms with Crippen LogP contribution < -0.4 is 5.32 Å². The second-order valence-electron chi connectivity index (χ2n) is 4.91. The molecule has 19 heavy (non-hydrogen) atoms. The average Bonchev–Trinajstić information content (AvgIpc) is 2.41. The lowest BCUT2D eigenvalue weighted by Gasteiger charge is -2.32. The summed E-state index contributed by atoms with van der Waals surface area (Å²) in [4.78, 5) is 16.6. The van der Waals surface area contributed by atoms with E-state index >= 15 is 0 Å². The van der Waals surface area contributed by atoms with Crippen LogP contribution in [0.1, 0.15) is 10.4 Å². The first kappa shape index (κ1) is 14.5. The molecule has 4 nitrogen and oxygen atoms in total. The highest BCUT2D eigenvalue weighted by atomic mass is 79.9. The number of hydrogen-bond donors (Lipinski definition) is 1. The summed E-state index contributed by atoms with van der Waals surface area (Å²) in [6, 6.07) is 7.43. The standard InChI is InChI=1S/C14H20BrN3O/c1-17-8-10-18(11-9-17)7-6-16-14(19)12-2-4-13(15)5-3-12/h2-5H,6-11H2,1H3,(H,16,19). The maximum Gasteiger partial charge on any atom is 0.251 e. The molecule has 1 saturated heterocycles. The van der Waals surface area contributed by atoms with Crippen molar-refractivity contribution in [2.75, 3.05) is 46.3 Å². The second-order valence-corrected chi connectivity index (χ2v) is 5.82. The summed E-state index contributed by atoms with van der Waals surface area (Å²) in [6.07, 6.45) is 0. The van der Waals surface area contributed by atoms with E-state index in [0.29, 0.717) is 12.1 Å². The number of carbonyl (C=O) groups is 1. The van der Waals surface area contributed by atoms with Crippen molar-refractivity contribution in [1.29, 1.82) is 0 Å². The molecule has 0 bridgehead atoms. The molecule has 1 fully saturated rings. The SMILES string of the molecule is CN1CCN(CCNC(=O)c2ccc(Br)cc2)CC1. The first-order valence-corrected chi connectivity index (χ1v) is 7.39. The lowest BCUT2D eigenvalue weighted by atomic mass is 10.2. The van der Waals surface area contributed by atoms with Gasteiger partial charge in [-0.25, -0.2) is 0 Å². The van der Waals surface area contributed by atoms with Crippen molar-refractivity contribution in [3.05, 3.63) is 34.3 Å². The third-order valence-electron chi connectivity index (χ3n) is 3.42. The maximum atomic E-state index is 11.9. The zero-order valence-corrected chi connectivity index (χ0v) is 12.8. The molecule has 1 aromatic carbocycles. The molecule has 1 amide bonds. The van der Waals surface area contributed by atoms with Gasteiger partial charge in [-0.05, 0) is 31.3 Å². The van der Waals surface area contributed by atoms with Gasteiger partial charge >= 0.3 is 0 Å². The van der Waals surface area contributed by atoms with Gasteiger partial charge in [0, 0.05) is 49.3 Å². The summed E-state index contributed by atoms with van der Waals surface area (Å²) in [5.74, 6) is 0.00151. The van der Waals surface area contributed by atoms with E-state index in [4.69, 9.17) is 0 Å². The van der Waals surface area contributed by atoms with Gasteiger partial charge in [-0.3, -0.25) is 9.69 Å². The number of halogens is 1. The number of hydrogen-bond acceptors (Lipinski definition) is 3. The lowest BCUT2D eigenvalue weighted by Crippen LogP contribution is -2.46. The Morgan fingerprint density at radius 3 is 2.47 bits per heavy atom. The van der Waals surface area contributed by atoms with Gasteiger partial charge in [-0.2, -0.15) is 0 Å². The van der Waals surface area contributed by atoms with E-state index in [9.17, 15) is 4.79 Å². The van der Waals surface area contributed by atoms with Crippen LogP contribution in [0.5, 0.6) is 0 Å². The molecule has 0 radical (unpaired) electrons. The number of nitrogens with one attached hydrogen (secondary N) is 1. The van der Waals surface area contributed by atoms with E-state index in [0.717, 1.165) is 37.2 Å². The van der Waals surface area contributed by atoms with Gasteiger partial charge in [0.15, 0.2) is 0 Å². The van der Waals surface area contributed by atoms with Crippen LogP contribution in [-0.4, -0.2) is 62.0 Å². The van der Waals surface area contributed by atoms with Gasteiger partial charge in [0.25, 0.3) is 5.91 Å². The van der Waals surface area contributed by atoms with Crippen LogP contribution in [0.15, 0.2) is 28.7 Å². The minimum Gasteiger partial charge on any atom is -0.351 e. The van der Waals surface area contributed by atoms with E-state index in [1.807, 2.05) is 24.3 Å². The van der Waals surface area contributed by atoms with Crippen molar-refractivity contribution >= 4 is 21.8 Å². The van der Waals surface area contributed by atoms with Crippen molar-refractivity contribution in [2.45, 2.75) is 0 Å². The Kier molecular flexibility index (Phi) is 5.36. The van der Waals surface area contributed by atoms with Gasteiger partial charge in [0.05, 0.1) is 0 Å². The summed E-state index contributed by atoms with van der Waals surface area (Å²) in [5.41, 5.74) is 0.710. The van der Waals surface area contributed by atoms with Crippen molar-refractivity contribution < 1.29 is 4.79 Å². The van der Waals surface area contributed by atoms with E-state index in [1.165, 1.54) is 0 Å². The smallest absolute Gasteiger partial charge is 0.251 e. The van der Waals surface area contributed by atoms with Crippen molar-refractivity contribution in [1.82, 2.24) is 15.1 Å². The Balaban J connectivity index is 1.70. The van der Waals surface area contributed by atoms with Gasteiger partial charge in [-0.1, -0.05) is 15.9 Å². The van der Waals surface area contributed by atoms with E-state index in [-0.39, 0.29) is 5.91 Å². The fourth-order valence-electron chi connectivity index (χ4n) is 2.10. The second kappa shape index (κ2) is 7.03. The van der Waals surface area contributed by atoms with Crippen LogP contribution in [0.3, 0.4) is 0 Å². The van der Waals surface area contributed by atoms with Crippen LogP contribution in [0.2, 0.25) is 0 Å². The molecule has 1 N–H and O–H groups in total. The molecule has 1 heterocycles. The number of piperazine rings is 1. The molecule has 0 aromatic heterocycles. The normalized spacial score (nSPS) is 17.4. The first-order valence-electron chi connectivity index (χ1n) is 6.60. The van der Waals surface area contributed by atoms with Crippen LogP contribution in [0.25, 0.3) is 0 Å². The number of nitrogens with zero attached hydrogens (tertiary/aromatic N) is 2. The molecule has 5 heteroatoms. The van der Waals surface area contributed by atoms with Gasteiger partial charge in [0.1, 0.15) is 0 Å². The summed E-state index contributed by atoms with van der Waals surface area (Å²) in [5, 5.41) is 2.97. The quantitative estimate of drug-likeness (QED) is 0.909. The number of amides is 1. The zero-order chi connectivity index (χ0) is 13.7. The monoisotopic (exact) mass is 325 g/mol. The number of likely N-dealkylation sites (N-methyl/N-ethyl adjacent to an activating group) is 1. The zero-order valence-electron chi connectivity index (χ0n) is 11.2. The molecule has 1 aliphatic heterocycles. The molecule has 1 aromatic rings. The van der Waals surface area contributed by atoms with E-state index in [2.05, 4.69) is 38.1 Å². The highest BCUT2D eigenvalue weighted by Gasteiger charge is 2.13. The third-order valence-corrected chi connectivity index (χ3v) is 3.94. The Hall–Kier alpha value is -0.910. The third kappa shape index (κ3) is 4.60. The average molecular weight is 326 g/mol. The Morgan fingerprint density at radius 1 is 1.21 bits per heavy atom. The minimum atomic E-state index is 0.00151. The molecule has 0 unspecified atom stereocenters. The maximum absolute atomic E-state index is 11.9. The van der Waals surface area contributed by atoms with Crippen molar-refractivity contribution in [3.8, 4) is 0 Å². The highest BCUT2D eigenvalue weighted by molar-refractivity contribution is 9.10. The topological polar surface area (TPSA) is 35.6 Å². The predicted molar refractivity (Wildman–Crippen MR) is 80.4 cm³/mol. The molecular formula is C14H20BrN3O. The fraction of sp³-hybridized carbons (Fsp3) is 0.500. The molecular weight excluding hydrogens is 306 g/mol. The Morgan fingerprint density at radius 2 is 1.84 bits per heavy atom. The van der Waals surface area contributed by atoms with Crippen molar-refractivity contribution in [3.63, 3.8) is 0 Å². The molecule has 0 saturated carbocycles. The lowest BCUT2D eigenvalue weighted by molar-refractivity contribution is 0.0941. The van der Waals surface area contributed by atoms with Gasteiger partial charge in [0.2, 0.25) is 0 Å². The van der Waals surface area contributed by atoms with Gasteiger partial charge in [-0.15, -0.1) is 0 Å². The van der Waals surface area contributed by atoms with Crippen LogP contribution in [-0.2, 0) is 0 Å². The molecule has 0 atom stereocenters. The first-order chi connectivity index (χ1) is 9.15. The number of benzene rings is 1. The van der Waals surface area contributed by atoms with Gasteiger partial charge < -0.3 is 10.2 Å². The Labute approximate surface area is 122 Å². The largest absolute Gasteiger partial charge is 0.351 e. The summed E-state index contributed by atoms with van der Waals surface area (Å²) < 4.78 is 0.987. The summed E-state index contributed by atoms with van der Waals surface area (Å²) >= 11 is 3.36. The highest BCUT2D eigenvalue weighted by Crippen LogP contribution is 2.10. The molecule has 2 rings (SSSR count). The van der Waals surface area contributed by atoms with E-state index in [1.54, 1.807) is 0 Å². The molecule has 1 aliphatic rings. The van der Waals surface area contributed by atoms with Crippen LogP contribution >= 0.6 is 15.9 Å². The molecule has 0 spiro atoms. The number of carbonyl (C=O) groups excluding carboxylic acids is 1. The van der Waals surface area contributed by atoms with E-state index < -0.39 is 0 Å². The summed E-state index contributed by atoms with van der Waals surface area (Å²) in [7, 11) is 2.15.